The predicted molar refractivity (Wildman–Crippen MR) is 136 cm³/mol. The quantitative estimate of drug-likeness (QED) is 0.362. The highest BCUT2D eigenvalue weighted by Gasteiger charge is 2.36. The highest BCUT2D eigenvalue weighted by molar-refractivity contribution is 9.10. The lowest BCUT2D eigenvalue weighted by Crippen LogP contribution is -2.30. The minimum absolute atomic E-state index is 0.0679. The molecule has 6 nitrogen and oxygen atoms in total. The van der Waals surface area contributed by atoms with Crippen molar-refractivity contribution in [3.8, 4) is 6.07 Å². The van der Waals surface area contributed by atoms with E-state index in [9.17, 15) is 14.9 Å². The number of anilines is 1. The molecule has 0 radical (unpaired) electrons. The number of Topliss-reactive ketones (excluding diaryl/α,β-unsaturated/α-hetero) is 1. The second-order valence-corrected chi connectivity index (χ2v) is 9.41. The Morgan fingerprint density at radius 2 is 1.94 bits per heavy atom. The number of benzene rings is 2. The first kappa shape index (κ1) is 23.6. The van der Waals surface area contributed by atoms with Crippen LogP contribution in [0, 0.1) is 11.3 Å². The number of rotatable bonds is 7. The second kappa shape index (κ2) is 10.6. The van der Waals surface area contributed by atoms with Crippen molar-refractivity contribution in [2.75, 3.05) is 11.1 Å². The van der Waals surface area contributed by atoms with Crippen LogP contribution >= 0.6 is 27.7 Å². The largest absolute Gasteiger partial charge is 0.468 e. The van der Waals surface area contributed by atoms with Gasteiger partial charge in [0.2, 0.25) is 0 Å². The molecule has 0 unspecified atom stereocenters. The second-order valence-electron chi connectivity index (χ2n) is 7.51. The Kier molecular flexibility index (Phi) is 7.36. The maximum Gasteiger partial charge on any atom is 0.254 e. The molecule has 170 valence electrons. The first-order valence-electron chi connectivity index (χ1n) is 10.4. The van der Waals surface area contributed by atoms with Crippen LogP contribution in [-0.4, -0.2) is 17.4 Å². The third-order valence-electron chi connectivity index (χ3n) is 5.25. The van der Waals surface area contributed by atoms with Crippen LogP contribution in [0.5, 0.6) is 0 Å². The molecule has 1 aliphatic heterocycles. The van der Waals surface area contributed by atoms with E-state index in [1.165, 1.54) is 18.0 Å². The van der Waals surface area contributed by atoms with Gasteiger partial charge in [-0.2, -0.15) is 5.26 Å². The predicted octanol–water partition coefficient (Wildman–Crippen LogP) is 5.99. The van der Waals surface area contributed by atoms with Gasteiger partial charge < -0.3 is 15.1 Å². The monoisotopic (exact) mass is 533 g/mol. The van der Waals surface area contributed by atoms with Crippen LogP contribution in [0.4, 0.5) is 5.69 Å². The number of dihydropyridines is 1. The van der Waals surface area contributed by atoms with Gasteiger partial charge >= 0.3 is 0 Å². The average Bonchev–Trinajstić information content (AvgIpc) is 3.37. The number of furan rings is 1. The number of allylic oxidation sites excluding steroid dienone is 2. The SMILES string of the molecule is CC1=C(C(=O)Nc2ccccc2)[C@H](c2ccco2)C(C#N)=C(SCC(=O)c2cccc(Br)c2)N1. The molecule has 34 heavy (non-hydrogen) atoms. The van der Waals surface area contributed by atoms with Gasteiger partial charge in [0.1, 0.15) is 5.76 Å². The Morgan fingerprint density at radius 3 is 2.62 bits per heavy atom. The topological polar surface area (TPSA) is 95.1 Å². The summed E-state index contributed by atoms with van der Waals surface area (Å²) < 4.78 is 6.45. The van der Waals surface area contributed by atoms with E-state index in [0.717, 1.165) is 4.47 Å². The van der Waals surface area contributed by atoms with Gasteiger partial charge in [-0.1, -0.05) is 58.0 Å². The average molecular weight is 534 g/mol. The molecule has 0 aliphatic carbocycles. The molecule has 1 amide bonds. The molecule has 0 bridgehead atoms. The molecule has 2 heterocycles. The van der Waals surface area contributed by atoms with Crippen LogP contribution in [0.2, 0.25) is 0 Å². The van der Waals surface area contributed by atoms with Gasteiger partial charge in [0.15, 0.2) is 5.78 Å². The van der Waals surface area contributed by atoms with Crippen molar-refractivity contribution in [1.82, 2.24) is 5.32 Å². The first-order chi connectivity index (χ1) is 16.5. The summed E-state index contributed by atoms with van der Waals surface area (Å²) in [6, 6.07) is 22.0. The summed E-state index contributed by atoms with van der Waals surface area (Å²) in [5, 5.41) is 16.7. The highest BCUT2D eigenvalue weighted by atomic mass is 79.9. The molecule has 0 fully saturated rings. The smallest absolute Gasteiger partial charge is 0.254 e. The minimum atomic E-state index is -0.701. The number of hydrogen-bond acceptors (Lipinski definition) is 6. The van der Waals surface area contributed by atoms with E-state index in [1.54, 1.807) is 49.4 Å². The van der Waals surface area contributed by atoms with E-state index < -0.39 is 5.92 Å². The number of halogens is 1. The molecule has 3 aromatic rings. The summed E-state index contributed by atoms with van der Waals surface area (Å²) >= 11 is 4.62. The standard InChI is InChI=1S/C26H20BrN3O3S/c1-16-23(25(32)30-19-9-3-2-4-10-19)24(22-11-6-12-33-22)20(14-28)26(29-16)34-15-21(31)17-7-5-8-18(27)13-17/h2-13,24,29H,15H2,1H3,(H,30,32)/t24-/m0/s1. The van der Waals surface area contributed by atoms with Gasteiger partial charge in [0, 0.05) is 21.4 Å². The van der Waals surface area contributed by atoms with Crippen molar-refractivity contribution in [2.24, 2.45) is 0 Å². The van der Waals surface area contributed by atoms with Crippen molar-refractivity contribution in [3.63, 3.8) is 0 Å². The number of amides is 1. The van der Waals surface area contributed by atoms with Crippen molar-refractivity contribution in [3.05, 3.63) is 111 Å². The molecule has 0 saturated carbocycles. The summed E-state index contributed by atoms with van der Waals surface area (Å²) in [6.45, 7) is 1.78. The number of para-hydroxylation sites is 1. The van der Waals surface area contributed by atoms with E-state index >= 15 is 0 Å². The fraction of sp³-hybridized carbons (Fsp3) is 0.115. The van der Waals surface area contributed by atoms with Gasteiger partial charge in [0.05, 0.1) is 40.2 Å². The molecule has 1 aromatic heterocycles. The molecule has 0 saturated heterocycles. The van der Waals surface area contributed by atoms with E-state index in [-0.39, 0.29) is 17.4 Å². The number of nitrogens with one attached hydrogen (secondary N) is 2. The summed E-state index contributed by atoms with van der Waals surface area (Å²) in [4.78, 5) is 26.0. The summed E-state index contributed by atoms with van der Waals surface area (Å²) in [7, 11) is 0. The molecule has 0 spiro atoms. The van der Waals surface area contributed by atoms with Gasteiger partial charge in [-0.05, 0) is 43.3 Å². The maximum absolute atomic E-state index is 13.3. The van der Waals surface area contributed by atoms with E-state index in [2.05, 4.69) is 32.6 Å². The van der Waals surface area contributed by atoms with Crippen molar-refractivity contribution < 1.29 is 14.0 Å². The van der Waals surface area contributed by atoms with Crippen LogP contribution in [0.25, 0.3) is 0 Å². The van der Waals surface area contributed by atoms with Gasteiger partial charge in [-0.25, -0.2) is 0 Å². The number of ketones is 1. The van der Waals surface area contributed by atoms with E-state index in [1.807, 2.05) is 24.3 Å². The minimum Gasteiger partial charge on any atom is -0.468 e. The van der Waals surface area contributed by atoms with Crippen LogP contribution in [0.15, 0.2) is 104 Å². The van der Waals surface area contributed by atoms with Gasteiger partial charge in [-0.3, -0.25) is 9.59 Å². The number of carbonyl (C=O) groups excluding carboxylic acids is 2. The third kappa shape index (κ3) is 5.16. The molecule has 8 heteroatoms. The molecular formula is C26H20BrN3O3S. The zero-order valence-corrected chi connectivity index (χ0v) is 20.6. The molecule has 1 atom stereocenters. The Labute approximate surface area is 209 Å². The van der Waals surface area contributed by atoms with Gasteiger partial charge in [-0.15, -0.1) is 0 Å². The van der Waals surface area contributed by atoms with Crippen molar-refractivity contribution >= 4 is 45.1 Å². The maximum atomic E-state index is 13.3. The Balaban J connectivity index is 1.64. The highest BCUT2D eigenvalue weighted by Crippen LogP contribution is 2.41. The number of hydrogen-bond donors (Lipinski definition) is 2. The lowest BCUT2D eigenvalue weighted by molar-refractivity contribution is -0.113. The van der Waals surface area contributed by atoms with Crippen LogP contribution in [0.3, 0.4) is 0 Å². The number of nitrogens with zero attached hydrogens (tertiary/aromatic N) is 1. The van der Waals surface area contributed by atoms with Crippen molar-refractivity contribution in [2.45, 2.75) is 12.8 Å². The van der Waals surface area contributed by atoms with E-state index in [0.29, 0.717) is 38.9 Å². The lowest BCUT2D eigenvalue weighted by atomic mass is 9.85. The molecular weight excluding hydrogens is 514 g/mol. The number of carbonyl (C=O) groups is 2. The summed E-state index contributed by atoms with van der Waals surface area (Å²) in [6.07, 6.45) is 1.51. The first-order valence-corrected chi connectivity index (χ1v) is 12.2. The van der Waals surface area contributed by atoms with Crippen LogP contribution < -0.4 is 10.6 Å². The lowest BCUT2D eigenvalue weighted by Gasteiger charge is -2.28. The zero-order valence-electron chi connectivity index (χ0n) is 18.2. The van der Waals surface area contributed by atoms with Gasteiger partial charge in [0.25, 0.3) is 5.91 Å². The van der Waals surface area contributed by atoms with E-state index in [4.69, 9.17) is 4.42 Å². The zero-order chi connectivity index (χ0) is 24.1. The molecule has 2 N–H and O–H groups in total. The fourth-order valence-electron chi connectivity index (χ4n) is 3.67. The van der Waals surface area contributed by atoms with Crippen molar-refractivity contribution in [1.29, 1.82) is 5.26 Å². The summed E-state index contributed by atoms with van der Waals surface area (Å²) in [5.74, 6) is -0.491. The van der Waals surface area contributed by atoms with Crippen LogP contribution in [0.1, 0.15) is 29.0 Å². The normalized spacial score (nSPS) is 15.5. The summed E-state index contributed by atoms with van der Waals surface area (Å²) in [5.41, 5.74) is 2.53. The third-order valence-corrected chi connectivity index (χ3v) is 6.76. The Morgan fingerprint density at radius 1 is 1.15 bits per heavy atom. The molecule has 1 aliphatic rings. The number of thioether (sulfide) groups is 1. The molecule has 2 aromatic carbocycles. The Hall–Kier alpha value is -3.54. The molecule has 4 rings (SSSR count). The Bertz CT molecular complexity index is 1320. The van der Waals surface area contributed by atoms with Crippen LogP contribution in [-0.2, 0) is 4.79 Å². The fourth-order valence-corrected chi connectivity index (χ4v) is 5.06. The number of nitriles is 1.